The normalized spacial score (nSPS) is 22.4. The Morgan fingerprint density at radius 1 is 1.60 bits per heavy atom. The third-order valence-electron chi connectivity index (χ3n) is 2.64. The number of ether oxygens (including phenoxy) is 1. The summed E-state index contributed by atoms with van der Waals surface area (Å²) in [5.41, 5.74) is 5.70. The number of nitrogens with two attached hydrogens (primary N) is 1. The van der Waals surface area contributed by atoms with Gasteiger partial charge in [0.25, 0.3) is 0 Å². The summed E-state index contributed by atoms with van der Waals surface area (Å²) < 4.78 is 4.53. The molecular weight excluding hydrogens is 196 g/mol. The number of esters is 1. The summed E-state index contributed by atoms with van der Waals surface area (Å²) in [6.07, 6.45) is 2.92. The summed E-state index contributed by atoms with van der Waals surface area (Å²) in [6, 6.07) is -0.398. The Morgan fingerprint density at radius 2 is 2.33 bits per heavy atom. The Kier molecular flexibility index (Phi) is 4.55. The van der Waals surface area contributed by atoms with Crippen molar-refractivity contribution < 1.29 is 14.3 Å². The second kappa shape index (κ2) is 5.70. The van der Waals surface area contributed by atoms with Crippen LogP contribution >= 0.6 is 0 Å². The van der Waals surface area contributed by atoms with Gasteiger partial charge in [-0.25, -0.2) is 0 Å². The van der Waals surface area contributed by atoms with Gasteiger partial charge in [0.15, 0.2) is 0 Å². The predicted molar refractivity (Wildman–Crippen MR) is 55.0 cm³/mol. The molecule has 1 aliphatic heterocycles. The highest BCUT2D eigenvalue weighted by Crippen LogP contribution is 2.10. The molecule has 1 rings (SSSR count). The van der Waals surface area contributed by atoms with Crippen LogP contribution < -0.4 is 5.73 Å². The molecule has 15 heavy (non-hydrogen) atoms. The number of hydrogen-bond acceptors (Lipinski definition) is 4. The fraction of sp³-hybridized carbons (Fsp3) is 0.800. The van der Waals surface area contributed by atoms with Crippen molar-refractivity contribution in [3.63, 3.8) is 0 Å². The van der Waals surface area contributed by atoms with E-state index in [-0.39, 0.29) is 18.3 Å². The van der Waals surface area contributed by atoms with Crippen LogP contribution in [0.4, 0.5) is 0 Å². The molecule has 0 radical (unpaired) electrons. The highest BCUT2D eigenvalue weighted by Gasteiger charge is 2.23. The molecule has 0 saturated carbocycles. The molecule has 1 atom stereocenters. The van der Waals surface area contributed by atoms with E-state index in [1.807, 2.05) is 0 Å². The number of hydrogen-bond donors (Lipinski definition) is 1. The minimum atomic E-state index is -0.398. The van der Waals surface area contributed by atoms with Crippen molar-refractivity contribution in [2.75, 3.05) is 20.2 Å². The third-order valence-corrected chi connectivity index (χ3v) is 2.64. The molecule has 5 heteroatoms. The van der Waals surface area contributed by atoms with E-state index < -0.39 is 6.04 Å². The average molecular weight is 214 g/mol. The molecular formula is C10H18N2O3. The van der Waals surface area contributed by atoms with Gasteiger partial charge in [-0.1, -0.05) is 0 Å². The summed E-state index contributed by atoms with van der Waals surface area (Å²) in [7, 11) is 1.35. The van der Waals surface area contributed by atoms with Gasteiger partial charge >= 0.3 is 5.97 Å². The Morgan fingerprint density at radius 3 is 3.00 bits per heavy atom. The first-order valence-corrected chi connectivity index (χ1v) is 5.26. The first kappa shape index (κ1) is 12.0. The maximum atomic E-state index is 11.7. The first-order chi connectivity index (χ1) is 7.15. The van der Waals surface area contributed by atoms with E-state index in [2.05, 4.69) is 4.74 Å². The number of likely N-dealkylation sites (tertiary alicyclic amines) is 1. The lowest BCUT2D eigenvalue weighted by Crippen LogP contribution is -2.43. The SMILES string of the molecule is COC(=O)CCN1CCCC[C@H](N)C1=O. The van der Waals surface area contributed by atoms with Crippen LogP contribution in [0.1, 0.15) is 25.7 Å². The van der Waals surface area contributed by atoms with Crippen LogP contribution in [0.15, 0.2) is 0 Å². The monoisotopic (exact) mass is 214 g/mol. The highest BCUT2D eigenvalue weighted by atomic mass is 16.5. The van der Waals surface area contributed by atoms with Gasteiger partial charge in [0.1, 0.15) is 0 Å². The van der Waals surface area contributed by atoms with Gasteiger partial charge in [0, 0.05) is 13.1 Å². The molecule has 5 nitrogen and oxygen atoms in total. The van der Waals surface area contributed by atoms with Gasteiger partial charge in [0.2, 0.25) is 5.91 Å². The predicted octanol–water partition coefficient (Wildman–Crippen LogP) is -0.111. The summed E-state index contributed by atoms with van der Waals surface area (Å²) in [4.78, 5) is 24.3. The number of nitrogens with zero attached hydrogens (tertiary/aromatic N) is 1. The van der Waals surface area contributed by atoms with Crippen molar-refractivity contribution in [1.29, 1.82) is 0 Å². The average Bonchev–Trinajstić information content (AvgIpc) is 2.40. The second-order valence-electron chi connectivity index (χ2n) is 3.75. The Bertz CT molecular complexity index is 243. The fourth-order valence-corrected chi connectivity index (χ4v) is 1.69. The summed E-state index contributed by atoms with van der Waals surface area (Å²) >= 11 is 0. The van der Waals surface area contributed by atoms with Gasteiger partial charge in [-0.2, -0.15) is 0 Å². The molecule has 0 aromatic carbocycles. The maximum absolute atomic E-state index is 11.7. The summed E-state index contributed by atoms with van der Waals surface area (Å²) in [5, 5.41) is 0. The van der Waals surface area contributed by atoms with E-state index in [9.17, 15) is 9.59 Å². The topological polar surface area (TPSA) is 72.6 Å². The van der Waals surface area contributed by atoms with E-state index in [4.69, 9.17) is 5.73 Å². The quantitative estimate of drug-likeness (QED) is 0.665. The van der Waals surface area contributed by atoms with E-state index in [1.165, 1.54) is 7.11 Å². The number of amides is 1. The number of methoxy groups -OCH3 is 1. The van der Waals surface area contributed by atoms with Crippen LogP contribution in [0.25, 0.3) is 0 Å². The highest BCUT2D eigenvalue weighted by molar-refractivity contribution is 5.82. The second-order valence-corrected chi connectivity index (χ2v) is 3.75. The van der Waals surface area contributed by atoms with E-state index in [0.717, 1.165) is 19.3 Å². The molecule has 1 fully saturated rings. The largest absolute Gasteiger partial charge is 0.469 e. The van der Waals surface area contributed by atoms with Crippen molar-refractivity contribution in [1.82, 2.24) is 4.90 Å². The van der Waals surface area contributed by atoms with Gasteiger partial charge in [-0.15, -0.1) is 0 Å². The molecule has 1 amide bonds. The fourth-order valence-electron chi connectivity index (χ4n) is 1.69. The molecule has 0 unspecified atom stereocenters. The zero-order valence-corrected chi connectivity index (χ0v) is 9.07. The van der Waals surface area contributed by atoms with Crippen LogP contribution in [0.5, 0.6) is 0 Å². The van der Waals surface area contributed by atoms with Crippen LogP contribution in [0.2, 0.25) is 0 Å². The van der Waals surface area contributed by atoms with E-state index in [1.54, 1.807) is 4.90 Å². The van der Waals surface area contributed by atoms with Crippen molar-refractivity contribution in [2.45, 2.75) is 31.7 Å². The molecule has 0 spiro atoms. The minimum Gasteiger partial charge on any atom is -0.469 e. The standard InChI is InChI=1S/C10H18N2O3/c1-15-9(13)5-7-12-6-3-2-4-8(11)10(12)14/h8H,2-7,11H2,1H3/t8-/m0/s1. The maximum Gasteiger partial charge on any atom is 0.307 e. The first-order valence-electron chi connectivity index (χ1n) is 5.26. The zero-order valence-electron chi connectivity index (χ0n) is 9.07. The smallest absolute Gasteiger partial charge is 0.307 e. The molecule has 0 aromatic rings. The Balaban J connectivity index is 2.44. The number of rotatable bonds is 3. The van der Waals surface area contributed by atoms with Crippen LogP contribution in [0, 0.1) is 0 Å². The molecule has 0 aromatic heterocycles. The molecule has 1 saturated heterocycles. The van der Waals surface area contributed by atoms with Crippen molar-refractivity contribution in [3.05, 3.63) is 0 Å². The lowest BCUT2D eigenvalue weighted by Gasteiger charge is -2.21. The van der Waals surface area contributed by atoms with Crippen molar-refractivity contribution in [3.8, 4) is 0 Å². The van der Waals surface area contributed by atoms with Gasteiger partial charge < -0.3 is 15.4 Å². The van der Waals surface area contributed by atoms with E-state index in [0.29, 0.717) is 13.1 Å². The Hall–Kier alpha value is -1.10. The molecule has 2 N–H and O–H groups in total. The van der Waals surface area contributed by atoms with Gasteiger partial charge in [-0.05, 0) is 19.3 Å². The molecule has 1 aliphatic rings. The zero-order chi connectivity index (χ0) is 11.3. The van der Waals surface area contributed by atoms with Crippen molar-refractivity contribution >= 4 is 11.9 Å². The van der Waals surface area contributed by atoms with Gasteiger partial charge in [-0.3, -0.25) is 9.59 Å². The Labute approximate surface area is 89.6 Å². The summed E-state index contributed by atoms with van der Waals surface area (Å²) in [5.74, 6) is -0.336. The molecule has 0 aliphatic carbocycles. The number of carbonyl (C=O) groups is 2. The lowest BCUT2D eigenvalue weighted by molar-refractivity contribution is -0.141. The van der Waals surface area contributed by atoms with E-state index >= 15 is 0 Å². The molecule has 1 heterocycles. The van der Waals surface area contributed by atoms with Gasteiger partial charge in [0.05, 0.1) is 19.6 Å². The van der Waals surface area contributed by atoms with Crippen molar-refractivity contribution in [2.24, 2.45) is 5.73 Å². The molecule has 0 bridgehead atoms. The molecule has 86 valence electrons. The number of carbonyl (C=O) groups excluding carboxylic acids is 2. The lowest BCUT2D eigenvalue weighted by atomic mass is 10.1. The van der Waals surface area contributed by atoms with Crippen LogP contribution in [0.3, 0.4) is 0 Å². The summed E-state index contributed by atoms with van der Waals surface area (Å²) in [6.45, 7) is 1.11. The van der Waals surface area contributed by atoms with Crippen LogP contribution in [-0.4, -0.2) is 43.0 Å². The minimum absolute atomic E-state index is 0.0450. The third kappa shape index (κ3) is 3.51. The van der Waals surface area contributed by atoms with Crippen LogP contribution in [-0.2, 0) is 14.3 Å².